The lowest BCUT2D eigenvalue weighted by atomic mass is 10.0. The molecule has 0 radical (unpaired) electrons. The number of carboxylic acid groups (broad SMARTS) is 1. The van der Waals surface area contributed by atoms with Gasteiger partial charge >= 0.3 is 5.97 Å². The van der Waals surface area contributed by atoms with E-state index >= 15 is 0 Å². The molecule has 1 saturated heterocycles. The second-order valence-electron chi connectivity index (χ2n) is 4.94. The van der Waals surface area contributed by atoms with E-state index in [2.05, 4.69) is 5.32 Å². The number of likely N-dealkylation sites (tertiary alicyclic amines) is 1. The van der Waals surface area contributed by atoms with Gasteiger partial charge in [-0.2, -0.15) is 0 Å². The molecule has 0 spiro atoms. The largest absolute Gasteiger partial charge is 0.480 e. The van der Waals surface area contributed by atoms with Crippen LogP contribution in [0.3, 0.4) is 0 Å². The Labute approximate surface area is 106 Å². The van der Waals surface area contributed by atoms with Crippen molar-refractivity contribution < 1.29 is 19.5 Å². The standard InChI is InChI=1S/C12H20N2O4/c1-7(2)10(12(17)18)13-11(16)9-5-4-6-14(9)8(3)15/h7,9-10H,4-6H2,1-3H3,(H,13,16)(H,17,18)/t9?,10-/m1/s1. The number of nitrogens with zero attached hydrogens (tertiary/aromatic N) is 1. The fourth-order valence-corrected chi connectivity index (χ4v) is 2.18. The van der Waals surface area contributed by atoms with E-state index in [4.69, 9.17) is 5.11 Å². The van der Waals surface area contributed by atoms with Crippen molar-refractivity contribution in [2.75, 3.05) is 6.54 Å². The van der Waals surface area contributed by atoms with Gasteiger partial charge in [-0.1, -0.05) is 13.8 Å². The fraction of sp³-hybridized carbons (Fsp3) is 0.750. The Balaban J connectivity index is 2.69. The van der Waals surface area contributed by atoms with E-state index in [1.165, 1.54) is 11.8 Å². The van der Waals surface area contributed by atoms with Crippen molar-refractivity contribution >= 4 is 17.8 Å². The molecule has 1 rings (SSSR count). The van der Waals surface area contributed by atoms with E-state index in [0.717, 1.165) is 6.42 Å². The third-order valence-corrected chi connectivity index (χ3v) is 3.19. The molecule has 6 nitrogen and oxygen atoms in total. The average molecular weight is 256 g/mol. The Morgan fingerprint density at radius 3 is 2.39 bits per heavy atom. The Kier molecular flexibility index (Phi) is 4.69. The van der Waals surface area contributed by atoms with Gasteiger partial charge in [0.15, 0.2) is 0 Å². The van der Waals surface area contributed by atoms with Crippen LogP contribution in [0.15, 0.2) is 0 Å². The summed E-state index contributed by atoms with van der Waals surface area (Å²) in [5, 5.41) is 11.5. The van der Waals surface area contributed by atoms with Crippen molar-refractivity contribution in [3.8, 4) is 0 Å². The number of amides is 2. The molecule has 2 atom stereocenters. The number of rotatable bonds is 4. The monoisotopic (exact) mass is 256 g/mol. The van der Waals surface area contributed by atoms with Gasteiger partial charge in [-0.15, -0.1) is 0 Å². The van der Waals surface area contributed by atoms with Gasteiger partial charge in [0, 0.05) is 13.5 Å². The van der Waals surface area contributed by atoms with Crippen LogP contribution in [0.1, 0.15) is 33.6 Å². The van der Waals surface area contributed by atoms with Gasteiger partial charge in [0.05, 0.1) is 0 Å². The Bertz CT molecular complexity index is 354. The van der Waals surface area contributed by atoms with Crippen LogP contribution >= 0.6 is 0 Å². The molecule has 0 aromatic rings. The van der Waals surface area contributed by atoms with Crippen LogP contribution in [-0.4, -0.2) is 46.4 Å². The van der Waals surface area contributed by atoms with E-state index in [9.17, 15) is 14.4 Å². The topological polar surface area (TPSA) is 86.7 Å². The molecule has 2 N–H and O–H groups in total. The number of carbonyl (C=O) groups excluding carboxylic acids is 2. The van der Waals surface area contributed by atoms with Crippen LogP contribution in [-0.2, 0) is 14.4 Å². The summed E-state index contributed by atoms with van der Waals surface area (Å²) in [6.45, 7) is 5.45. The highest BCUT2D eigenvalue weighted by atomic mass is 16.4. The van der Waals surface area contributed by atoms with Crippen LogP contribution in [0.25, 0.3) is 0 Å². The molecule has 0 saturated carbocycles. The van der Waals surface area contributed by atoms with Crippen molar-refractivity contribution in [2.45, 2.75) is 45.7 Å². The zero-order valence-corrected chi connectivity index (χ0v) is 11.0. The summed E-state index contributed by atoms with van der Waals surface area (Å²) in [4.78, 5) is 35.9. The lowest BCUT2D eigenvalue weighted by molar-refractivity contribution is -0.144. The number of aliphatic carboxylic acids is 1. The fourth-order valence-electron chi connectivity index (χ4n) is 2.18. The van der Waals surface area contributed by atoms with Crippen molar-refractivity contribution in [1.82, 2.24) is 10.2 Å². The molecule has 1 aliphatic heterocycles. The molecular weight excluding hydrogens is 236 g/mol. The first-order valence-corrected chi connectivity index (χ1v) is 6.15. The third kappa shape index (κ3) is 3.21. The van der Waals surface area contributed by atoms with Crippen LogP contribution in [0, 0.1) is 5.92 Å². The van der Waals surface area contributed by atoms with Crippen molar-refractivity contribution in [1.29, 1.82) is 0 Å². The van der Waals surface area contributed by atoms with Gasteiger partial charge in [-0.25, -0.2) is 4.79 Å². The van der Waals surface area contributed by atoms with Crippen LogP contribution in [0.5, 0.6) is 0 Å². The van der Waals surface area contributed by atoms with Gasteiger partial charge in [0.25, 0.3) is 0 Å². The molecule has 1 heterocycles. The number of hydrogen-bond donors (Lipinski definition) is 2. The van der Waals surface area contributed by atoms with Crippen molar-refractivity contribution in [2.24, 2.45) is 5.92 Å². The minimum Gasteiger partial charge on any atom is -0.480 e. The Morgan fingerprint density at radius 2 is 1.94 bits per heavy atom. The molecular formula is C12H20N2O4. The van der Waals surface area contributed by atoms with Gasteiger partial charge in [-0.3, -0.25) is 9.59 Å². The highest BCUT2D eigenvalue weighted by Gasteiger charge is 2.34. The van der Waals surface area contributed by atoms with Crippen molar-refractivity contribution in [3.63, 3.8) is 0 Å². The van der Waals surface area contributed by atoms with Gasteiger partial charge in [0.1, 0.15) is 12.1 Å². The summed E-state index contributed by atoms with van der Waals surface area (Å²) in [6, 6.07) is -1.44. The maximum Gasteiger partial charge on any atom is 0.326 e. The van der Waals surface area contributed by atoms with Crippen LogP contribution < -0.4 is 5.32 Å². The van der Waals surface area contributed by atoms with E-state index in [1.807, 2.05) is 0 Å². The molecule has 6 heteroatoms. The summed E-state index contributed by atoms with van der Waals surface area (Å²) in [7, 11) is 0. The molecule has 0 bridgehead atoms. The second kappa shape index (κ2) is 5.84. The molecule has 2 amide bonds. The average Bonchev–Trinajstić information content (AvgIpc) is 2.73. The maximum absolute atomic E-state index is 12.0. The normalized spacial score (nSPS) is 20.9. The van der Waals surface area contributed by atoms with E-state index in [0.29, 0.717) is 13.0 Å². The quantitative estimate of drug-likeness (QED) is 0.753. The SMILES string of the molecule is CC(=O)N1CCCC1C(=O)N[C@@H](C(=O)O)C(C)C. The highest BCUT2D eigenvalue weighted by molar-refractivity contribution is 5.90. The first-order chi connectivity index (χ1) is 8.34. The summed E-state index contributed by atoms with van der Waals surface area (Å²) in [5.74, 6) is -1.77. The van der Waals surface area contributed by atoms with E-state index < -0.39 is 18.1 Å². The minimum atomic E-state index is -1.05. The zero-order valence-electron chi connectivity index (χ0n) is 11.0. The predicted molar refractivity (Wildman–Crippen MR) is 64.8 cm³/mol. The van der Waals surface area contributed by atoms with Gasteiger partial charge < -0.3 is 15.3 Å². The van der Waals surface area contributed by atoms with Crippen LogP contribution in [0.2, 0.25) is 0 Å². The Hall–Kier alpha value is -1.59. The number of carboxylic acids is 1. The van der Waals surface area contributed by atoms with Gasteiger partial charge in [0.2, 0.25) is 11.8 Å². The summed E-state index contributed by atoms with van der Waals surface area (Å²) in [5.41, 5.74) is 0. The predicted octanol–water partition coefficient (Wildman–Crippen LogP) is 0.223. The summed E-state index contributed by atoms with van der Waals surface area (Å²) < 4.78 is 0. The first-order valence-electron chi connectivity index (χ1n) is 6.15. The molecule has 1 unspecified atom stereocenters. The number of carbonyl (C=O) groups is 3. The van der Waals surface area contributed by atoms with Crippen molar-refractivity contribution in [3.05, 3.63) is 0 Å². The molecule has 18 heavy (non-hydrogen) atoms. The van der Waals surface area contributed by atoms with E-state index in [-0.39, 0.29) is 17.7 Å². The molecule has 1 aliphatic rings. The molecule has 102 valence electrons. The molecule has 0 aliphatic carbocycles. The number of nitrogens with one attached hydrogen (secondary N) is 1. The first kappa shape index (κ1) is 14.5. The van der Waals surface area contributed by atoms with Crippen LogP contribution in [0.4, 0.5) is 0 Å². The summed E-state index contributed by atoms with van der Waals surface area (Å²) in [6.07, 6.45) is 1.37. The van der Waals surface area contributed by atoms with E-state index in [1.54, 1.807) is 13.8 Å². The highest BCUT2D eigenvalue weighted by Crippen LogP contribution is 2.18. The lowest BCUT2D eigenvalue weighted by Crippen LogP contribution is -2.52. The lowest BCUT2D eigenvalue weighted by Gasteiger charge is -2.25. The molecule has 0 aromatic heterocycles. The summed E-state index contributed by atoms with van der Waals surface area (Å²) >= 11 is 0. The Morgan fingerprint density at radius 1 is 1.33 bits per heavy atom. The molecule has 0 aromatic carbocycles. The second-order valence-corrected chi connectivity index (χ2v) is 4.94. The maximum atomic E-state index is 12.0. The zero-order chi connectivity index (χ0) is 13.9. The molecule has 1 fully saturated rings. The minimum absolute atomic E-state index is 0.149. The third-order valence-electron chi connectivity index (χ3n) is 3.19. The van der Waals surface area contributed by atoms with Gasteiger partial charge in [-0.05, 0) is 18.8 Å². The smallest absolute Gasteiger partial charge is 0.326 e. The number of hydrogen-bond acceptors (Lipinski definition) is 3.